The van der Waals surface area contributed by atoms with E-state index in [9.17, 15) is 9.59 Å². The lowest BCUT2D eigenvalue weighted by atomic mass is 9.90. The van der Waals surface area contributed by atoms with Crippen molar-refractivity contribution in [3.05, 3.63) is 34.9 Å². The number of halogens is 1. The molecule has 0 aliphatic carbocycles. The summed E-state index contributed by atoms with van der Waals surface area (Å²) in [6.45, 7) is 10.2. The Bertz CT molecular complexity index is 593. The Hall–Kier alpha value is -1.59. The standard InChI is InChI=1S/C19H28ClN3O2/c1-4-22-11-13-23(14-12-22)18(25)19(2,3)17(24)21-10-9-15-5-7-16(20)8-6-15/h5-8H,4,9-14H2,1-3H3,(H,21,24). The topological polar surface area (TPSA) is 52.7 Å². The molecule has 2 amide bonds. The molecule has 0 aromatic heterocycles. The van der Waals surface area contributed by atoms with E-state index in [2.05, 4.69) is 17.1 Å². The van der Waals surface area contributed by atoms with Gasteiger partial charge in [0.1, 0.15) is 5.41 Å². The van der Waals surface area contributed by atoms with Crippen LogP contribution in [0.25, 0.3) is 0 Å². The van der Waals surface area contributed by atoms with Crippen molar-refractivity contribution in [1.82, 2.24) is 15.1 Å². The summed E-state index contributed by atoms with van der Waals surface area (Å²) < 4.78 is 0. The van der Waals surface area contributed by atoms with Gasteiger partial charge in [0.25, 0.3) is 0 Å². The summed E-state index contributed by atoms with van der Waals surface area (Å²) in [4.78, 5) is 29.4. The van der Waals surface area contributed by atoms with E-state index >= 15 is 0 Å². The van der Waals surface area contributed by atoms with E-state index in [-0.39, 0.29) is 11.8 Å². The van der Waals surface area contributed by atoms with Crippen LogP contribution >= 0.6 is 11.6 Å². The number of hydrogen-bond acceptors (Lipinski definition) is 3. The van der Waals surface area contributed by atoms with Crippen molar-refractivity contribution in [1.29, 1.82) is 0 Å². The van der Waals surface area contributed by atoms with Crippen LogP contribution in [-0.2, 0) is 16.0 Å². The van der Waals surface area contributed by atoms with Gasteiger partial charge < -0.3 is 15.1 Å². The van der Waals surface area contributed by atoms with E-state index in [1.54, 1.807) is 13.8 Å². The first-order valence-electron chi connectivity index (χ1n) is 8.89. The van der Waals surface area contributed by atoms with Crippen molar-refractivity contribution in [2.45, 2.75) is 27.2 Å². The van der Waals surface area contributed by atoms with Crippen LogP contribution in [-0.4, -0.2) is 60.9 Å². The Morgan fingerprint density at radius 1 is 1.12 bits per heavy atom. The highest BCUT2D eigenvalue weighted by atomic mass is 35.5. The molecule has 1 N–H and O–H groups in total. The highest BCUT2D eigenvalue weighted by Gasteiger charge is 2.39. The molecule has 138 valence electrons. The zero-order valence-corrected chi connectivity index (χ0v) is 16.1. The molecule has 1 aliphatic rings. The van der Waals surface area contributed by atoms with Crippen molar-refractivity contribution in [2.24, 2.45) is 5.41 Å². The molecule has 2 rings (SSSR count). The van der Waals surface area contributed by atoms with Crippen molar-refractivity contribution in [3.8, 4) is 0 Å². The largest absolute Gasteiger partial charge is 0.355 e. The fourth-order valence-electron chi connectivity index (χ4n) is 2.95. The Morgan fingerprint density at radius 2 is 1.72 bits per heavy atom. The van der Waals surface area contributed by atoms with Crippen LogP contribution < -0.4 is 5.32 Å². The van der Waals surface area contributed by atoms with Crippen LogP contribution in [0.3, 0.4) is 0 Å². The molecule has 25 heavy (non-hydrogen) atoms. The number of carbonyl (C=O) groups is 2. The van der Waals surface area contributed by atoms with E-state index in [0.29, 0.717) is 31.1 Å². The number of benzene rings is 1. The van der Waals surface area contributed by atoms with Crippen LogP contribution in [0.15, 0.2) is 24.3 Å². The first-order valence-corrected chi connectivity index (χ1v) is 9.27. The maximum Gasteiger partial charge on any atom is 0.237 e. The minimum absolute atomic E-state index is 0.0905. The van der Waals surface area contributed by atoms with E-state index in [1.165, 1.54) is 0 Å². The number of likely N-dealkylation sites (N-methyl/N-ethyl adjacent to an activating group) is 1. The molecular weight excluding hydrogens is 338 g/mol. The molecule has 0 atom stereocenters. The molecule has 0 unspecified atom stereocenters. The van der Waals surface area contributed by atoms with Gasteiger partial charge in [-0.25, -0.2) is 0 Å². The first-order chi connectivity index (χ1) is 11.8. The first kappa shape index (κ1) is 19.7. The predicted molar refractivity (Wildman–Crippen MR) is 101 cm³/mol. The molecule has 1 aliphatic heterocycles. The summed E-state index contributed by atoms with van der Waals surface area (Å²) in [6.07, 6.45) is 0.711. The van der Waals surface area contributed by atoms with E-state index < -0.39 is 5.41 Å². The quantitative estimate of drug-likeness (QED) is 0.786. The molecule has 1 saturated heterocycles. The van der Waals surface area contributed by atoms with Gasteiger partial charge in [-0.3, -0.25) is 9.59 Å². The lowest BCUT2D eigenvalue weighted by Crippen LogP contribution is -2.55. The molecule has 1 heterocycles. The molecule has 0 spiro atoms. The van der Waals surface area contributed by atoms with Gasteiger partial charge in [0, 0.05) is 37.7 Å². The Balaban J connectivity index is 1.84. The molecular formula is C19H28ClN3O2. The fraction of sp³-hybridized carbons (Fsp3) is 0.579. The van der Waals surface area contributed by atoms with E-state index in [0.717, 1.165) is 25.2 Å². The molecule has 6 heteroatoms. The summed E-state index contributed by atoms with van der Waals surface area (Å²) >= 11 is 5.87. The summed E-state index contributed by atoms with van der Waals surface area (Å²) in [7, 11) is 0. The lowest BCUT2D eigenvalue weighted by Gasteiger charge is -2.37. The SMILES string of the molecule is CCN1CCN(C(=O)C(C)(C)C(=O)NCCc2ccc(Cl)cc2)CC1. The monoisotopic (exact) mass is 365 g/mol. The Kier molecular flexibility index (Phi) is 6.85. The maximum absolute atomic E-state index is 12.8. The van der Waals surface area contributed by atoms with E-state index in [4.69, 9.17) is 11.6 Å². The summed E-state index contributed by atoms with van der Waals surface area (Å²) in [5.41, 5.74) is 0.0542. The molecule has 1 fully saturated rings. The molecule has 5 nitrogen and oxygen atoms in total. The second kappa shape index (κ2) is 8.68. The number of amides is 2. The lowest BCUT2D eigenvalue weighted by molar-refractivity contribution is -0.149. The van der Waals surface area contributed by atoms with Gasteiger partial charge >= 0.3 is 0 Å². The second-order valence-corrected chi connectivity index (χ2v) is 7.42. The molecule has 1 aromatic rings. The van der Waals surface area contributed by atoms with Crippen LogP contribution in [0.5, 0.6) is 0 Å². The van der Waals surface area contributed by atoms with Crippen LogP contribution in [0.2, 0.25) is 5.02 Å². The van der Waals surface area contributed by atoms with Crippen molar-refractivity contribution in [2.75, 3.05) is 39.3 Å². The van der Waals surface area contributed by atoms with Crippen LogP contribution in [0.1, 0.15) is 26.3 Å². The Labute approximate surface area is 155 Å². The third kappa shape index (κ3) is 5.19. The second-order valence-electron chi connectivity index (χ2n) is 6.98. The van der Waals surface area contributed by atoms with Crippen molar-refractivity contribution < 1.29 is 9.59 Å². The van der Waals surface area contributed by atoms with Crippen LogP contribution in [0.4, 0.5) is 0 Å². The third-order valence-corrected chi connectivity index (χ3v) is 5.07. The minimum Gasteiger partial charge on any atom is -0.355 e. The highest BCUT2D eigenvalue weighted by molar-refractivity contribution is 6.30. The Morgan fingerprint density at radius 3 is 2.28 bits per heavy atom. The van der Waals surface area contributed by atoms with Gasteiger partial charge in [0.15, 0.2) is 0 Å². The minimum atomic E-state index is -1.05. The summed E-state index contributed by atoms with van der Waals surface area (Å²) in [5.74, 6) is -0.309. The molecule has 0 saturated carbocycles. The number of carbonyl (C=O) groups excluding carboxylic acids is 2. The number of nitrogens with zero attached hydrogens (tertiary/aromatic N) is 2. The predicted octanol–water partition coefficient (Wildman–Crippen LogP) is 2.19. The molecule has 1 aromatic carbocycles. The van der Waals surface area contributed by atoms with Crippen molar-refractivity contribution >= 4 is 23.4 Å². The van der Waals surface area contributed by atoms with Gasteiger partial charge in [0.05, 0.1) is 0 Å². The number of hydrogen-bond donors (Lipinski definition) is 1. The highest BCUT2D eigenvalue weighted by Crippen LogP contribution is 2.20. The summed E-state index contributed by atoms with van der Waals surface area (Å²) in [5, 5.41) is 3.59. The number of rotatable bonds is 6. The zero-order valence-electron chi connectivity index (χ0n) is 15.3. The zero-order chi connectivity index (χ0) is 18.4. The van der Waals surface area contributed by atoms with Gasteiger partial charge in [-0.2, -0.15) is 0 Å². The smallest absolute Gasteiger partial charge is 0.237 e. The van der Waals surface area contributed by atoms with Crippen LogP contribution in [0, 0.1) is 5.41 Å². The number of nitrogens with one attached hydrogen (secondary N) is 1. The van der Waals surface area contributed by atoms with E-state index in [1.807, 2.05) is 29.2 Å². The average molecular weight is 366 g/mol. The fourth-order valence-corrected chi connectivity index (χ4v) is 3.08. The summed E-state index contributed by atoms with van der Waals surface area (Å²) in [6, 6.07) is 7.56. The van der Waals surface area contributed by atoms with Gasteiger partial charge in [-0.05, 0) is 44.5 Å². The van der Waals surface area contributed by atoms with Gasteiger partial charge in [-0.1, -0.05) is 30.7 Å². The molecule has 0 bridgehead atoms. The van der Waals surface area contributed by atoms with Gasteiger partial charge in [0.2, 0.25) is 11.8 Å². The normalized spacial score (nSPS) is 15.9. The van der Waals surface area contributed by atoms with Crippen molar-refractivity contribution in [3.63, 3.8) is 0 Å². The molecule has 0 radical (unpaired) electrons. The number of piperazine rings is 1. The maximum atomic E-state index is 12.8. The van der Waals surface area contributed by atoms with Gasteiger partial charge in [-0.15, -0.1) is 0 Å². The third-order valence-electron chi connectivity index (χ3n) is 4.82. The average Bonchev–Trinajstić information content (AvgIpc) is 2.62.